The first-order chi connectivity index (χ1) is 13.9. The molecular formula is C23H28N4O2. The molecule has 6 nitrogen and oxygen atoms in total. The average Bonchev–Trinajstić information content (AvgIpc) is 3.34. The molecule has 1 fully saturated rings. The number of rotatable bonds is 6. The Bertz CT molecular complexity index is 1030. The highest BCUT2D eigenvalue weighted by atomic mass is 16.7. The highest BCUT2D eigenvalue weighted by molar-refractivity contribution is 5.73. The second kappa shape index (κ2) is 7.61. The van der Waals surface area contributed by atoms with E-state index >= 15 is 0 Å². The van der Waals surface area contributed by atoms with Gasteiger partial charge in [0.2, 0.25) is 0 Å². The Hall–Kier alpha value is -2.70. The maximum atomic E-state index is 5.75. The van der Waals surface area contributed by atoms with Gasteiger partial charge in [-0.15, -0.1) is 0 Å². The van der Waals surface area contributed by atoms with E-state index in [9.17, 15) is 0 Å². The summed E-state index contributed by atoms with van der Waals surface area (Å²) in [5.41, 5.74) is 5.29. The number of allylic oxidation sites excluding steroid dienone is 1. The molecule has 1 saturated heterocycles. The second-order valence-electron chi connectivity index (χ2n) is 7.65. The van der Waals surface area contributed by atoms with Gasteiger partial charge in [0.25, 0.3) is 0 Å². The van der Waals surface area contributed by atoms with E-state index in [1.165, 1.54) is 5.56 Å². The summed E-state index contributed by atoms with van der Waals surface area (Å²) in [6, 6.07) is 8.41. The zero-order valence-electron chi connectivity index (χ0n) is 17.6. The SMILES string of the molecule is C=C(CC)c1c(N(C)Cc2ccc(C3(C)OCCO3)cc2)ncc2cnc(C)n12. The number of imidazole rings is 1. The highest BCUT2D eigenvalue weighted by Crippen LogP contribution is 2.32. The minimum absolute atomic E-state index is 0.632. The van der Waals surface area contributed by atoms with Gasteiger partial charge in [0.1, 0.15) is 5.82 Å². The van der Waals surface area contributed by atoms with Crippen molar-refractivity contribution in [2.45, 2.75) is 39.5 Å². The molecule has 0 bridgehead atoms. The van der Waals surface area contributed by atoms with Crippen LogP contribution in [-0.4, -0.2) is 34.6 Å². The van der Waals surface area contributed by atoms with Crippen molar-refractivity contribution in [2.75, 3.05) is 25.2 Å². The molecule has 0 atom stereocenters. The summed E-state index contributed by atoms with van der Waals surface area (Å²) in [6.45, 7) is 12.4. The number of hydrogen-bond donors (Lipinski definition) is 0. The van der Waals surface area contributed by atoms with Crippen molar-refractivity contribution in [1.29, 1.82) is 0 Å². The molecule has 0 radical (unpaired) electrons. The zero-order chi connectivity index (χ0) is 20.6. The maximum absolute atomic E-state index is 5.75. The standard InChI is InChI=1S/C23H28N4O2/c1-6-16(2)21-22(25-14-20-13-24-17(3)27(20)21)26(5)15-18-7-9-19(10-8-18)23(4)28-11-12-29-23/h7-10,13-14H,2,6,11-12,15H2,1,3-5H3. The lowest BCUT2D eigenvalue weighted by Crippen LogP contribution is -2.23. The monoisotopic (exact) mass is 392 g/mol. The fourth-order valence-electron chi connectivity index (χ4n) is 3.84. The van der Waals surface area contributed by atoms with Gasteiger partial charge in [-0.3, -0.25) is 4.40 Å². The number of anilines is 1. The second-order valence-corrected chi connectivity index (χ2v) is 7.65. The first kappa shape index (κ1) is 19.6. The number of aromatic nitrogens is 3. The minimum atomic E-state index is -0.637. The number of benzene rings is 1. The number of fused-ring (bicyclic) bond motifs is 1. The number of nitrogens with zero attached hydrogens (tertiary/aromatic N) is 4. The van der Waals surface area contributed by atoms with Crippen LogP contribution < -0.4 is 4.90 Å². The molecule has 0 saturated carbocycles. The third-order valence-electron chi connectivity index (χ3n) is 5.58. The molecule has 1 aliphatic rings. The van der Waals surface area contributed by atoms with Crippen molar-refractivity contribution in [3.8, 4) is 0 Å². The average molecular weight is 393 g/mol. The van der Waals surface area contributed by atoms with Crippen LogP contribution in [-0.2, 0) is 21.8 Å². The normalized spacial score (nSPS) is 15.7. The molecule has 3 heterocycles. The van der Waals surface area contributed by atoms with Crippen LogP contribution in [0.1, 0.15) is 42.9 Å². The predicted octanol–water partition coefficient (Wildman–Crippen LogP) is 4.32. The van der Waals surface area contributed by atoms with Gasteiger partial charge in [0.15, 0.2) is 11.6 Å². The van der Waals surface area contributed by atoms with Crippen LogP contribution >= 0.6 is 0 Å². The smallest absolute Gasteiger partial charge is 0.192 e. The number of aryl methyl sites for hydroxylation is 1. The molecule has 1 aliphatic heterocycles. The Morgan fingerprint density at radius 1 is 1.17 bits per heavy atom. The third-order valence-corrected chi connectivity index (χ3v) is 5.58. The summed E-state index contributed by atoms with van der Waals surface area (Å²) in [7, 11) is 2.06. The summed E-state index contributed by atoms with van der Waals surface area (Å²) in [4.78, 5) is 11.4. The molecule has 2 aromatic heterocycles. The van der Waals surface area contributed by atoms with Gasteiger partial charge in [-0.1, -0.05) is 37.8 Å². The summed E-state index contributed by atoms with van der Waals surface area (Å²) in [6.07, 6.45) is 4.58. The molecule has 0 amide bonds. The lowest BCUT2D eigenvalue weighted by Gasteiger charge is -2.25. The Morgan fingerprint density at radius 2 is 1.83 bits per heavy atom. The van der Waals surface area contributed by atoms with E-state index in [0.29, 0.717) is 13.2 Å². The lowest BCUT2D eigenvalue weighted by molar-refractivity contribution is -0.149. The largest absolute Gasteiger partial charge is 0.354 e. The maximum Gasteiger partial charge on any atom is 0.192 e. The van der Waals surface area contributed by atoms with Gasteiger partial charge >= 0.3 is 0 Å². The Balaban J connectivity index is 1.63. The quantitative estimate of drug-likeness (QED) is 0.625. The molecule has 0 spiro atoms. The van der Waals surface area contributed by atoms with Crippen LogP contribution in [0.15, 0.2) is 43.2 Å². The van der Waals surface area contributed by atoms with Crippen LogP contribution in [0.2, 0.25) is 0 Å². The molecule has 0 aliphatic carbocycles. The highest BCUT2D eigenvalue weighted by Gasteiger charge is 2.32. The van der Waals surface area contributed by atoms with Crippen LogP contribution in [0.5, 0.6) is 0 Å². The van der Waals surface area contributed by atoms with Crippen LogP contribution in [0.3, 0.4) is 0 Å². The van der Waals surface area contributed by atoms with Crippen LogP contribution in [0.4, 0.5) is 5.82 Å². The van der Waals surface area contributed by atoms with Crippen molar-refractivity contribution >= 4 is 16.9 Å². The van der Waals surface area contributed by atoms with Crippen molar-refractivity contribution < 1.29 is 9.47 Å². The first-order valence-electron chi connectivity index (χ1n) is 10.0. The topological polar surface area (TPSA) is 51.9 Å². The Morgan fingerprint density at radius 3 is 2.48 bits per heavy atom. The number of ether oxygens (including phenoxy) is 2. The van der Waals surface area contributed by atoms with E-state index in [1.54, 1.807) is 0 Å². The summed E-state index contributed by atoms with van der Waals surface area (Å²) < 4.78 is 13.7. The van der Waals surface area contributed by atoms with Crippen molar-refractivity contribution in [1.82, 2.24) is 14.4 Å². The van der Waals surface area contributed by atoms with Gasteiger partial charge in [-0.2, -0.15) is 0 Å². The zero-order valence-corrected chi connectivity index (χ0v) is 17.6. The van der Waals surface area contributed by atoms with Gasteiger partial charge in [-0.25, -0.2) is 9.97 Å². The van der Waals surface area contributed by atoms with Crippen LogP contribution in [0.25, 0.3) is 11.1 Å². The van der Waals surface area contributed by atoms with E-state index in [2.05, 4.69) is 59.1 Å². The summed E-state index contributed by atoms with van der Waals surface area (Å²) >= 11 is 0. The van der Waals surface area contributed by atoms with Crippen molar-refractivity contribution in [2.24, 2.45) is 0 Å². The van der Waals surface area contributed by atoms with Crippen molar-refractivity contribution in [3.63, 3.8) is 0 Å². The fraction of sp³-hybridized carbons (Fsp3) is 0.391. The minimum Gasteiger partial charge on any atom is -0.354 e. The van der Waals surface area contributed by atoms with E-state index in [4.69, 9.17) is 14.5 Å². The molecular weight excluding hydrogens is 364 g/mol. The predicted molar refractivity (Wildman–Crippen MR) is 115 cm³/mol. The molecule has 1 aromatic carbocycles. The fourth-order valence-corrected chi connectivity index (χ4v) is 3.84. The van der Waals surface area contributed by atoms with Crippen molar-refractivity contribution in [3.05, 3.63) is 65.9 Å². The first-order valence-corrected chi connectivity index (χ1v) is 10.0. The lowest BCUT2D eigenvalue weighted by atomic mass is 10.0. The van der Waals surface area contributed by atoms with Crippen LogP contribution in [0, 0.1) is 6.92 Å². The van der Waals surface area contributed by atoms with Gasteiger partial charge < -0.3 is 14.4 Å². The van der Waals surface area contributed by atoms with Gasteiger partial charge in [-0.05, 0) is 31.4 Å². The van der Waals surface area contributed by atoms with Gasteiger partial charge in [0, 0.05) is 19.2 Å². The third kappa shape index (κ3) is 3.54. The molecule has 29 heavy (non-hydrogen) atoms. The molecule has 6 heteroatoms. The van der Waals surface area contributed by atoms with E-state index < -0.39 is 5.79 Å². The van der Waals surface area contributed by atoms with Gasteiger partial charge in [0.05, 0.1) is 36.8 Å². The summed E-state index contributed by atoms with van der Waals surface area (Å²) in [5.74, 6) is 1.21. The van der Waals surface area contributed by atoms with E-state index in [0.717, 1.165) is 47.0 Å². The van der Waals surface area contributed by atoms with E-state index in [-0.39, 0.29) is 0 Å². The summed E-state index contributed by atoms with van der Waals surface area (Å²) in [5, 5.41) is 0. The Kier molecular flexibility index (Phi) is 5.15. The molecule has 0 N–H and O–H groups in total. The molecule has 0 unspecified atom stereocenters. The van der Waals surface area contributed by atoms with E-state index in [1.807, 2.05) is 26.2 Å². The molecule has 152 valence electrons. The number of hydrogen-bond acceptors (Lipinski definition) is 5. The Labute approximate surface area is 171 Å². The molecule has 4 rings (SSSR count). The molecule has 3 aromatic rings.